The SMILES string of the molecule is Cc1cc(NC(=O)N(CCC(C)C)CCC(C)C)no1. The van der Waals surface area contributed by atoms with Crippen LogP contribution in [0.5, 0.6) is 0 Å². The molecule has 5 nitrogen and oxygen atoms in total. The topological polar surface area (TPSA) is 58.4 Å². The molecule has 1 heterocycles. The van der Waals surface area contributed by atoms with Gasteiger partial charge in [0, 0.05) is 19.2 Å². The van der Waals surface area contributed by atoms with Crippen molar-refractivity contribution in [2.75, 3.05) is 18.4 Å². The molecule has 1 aromatic heterocycles. The molecule has 0 bridgehead atoms. The van der Waals surface area contributed by atoms with Crippen molar-refractivity contribution >= 4 is 11.8 Å². The van der Waals surface area contributed by atoms with Gasteiger partial charge in [-0.05, 0) is 31.6 Å². The van der Waals surface area contributed by atoms with Gasteiger partial charge in [-0.3, -0.25) is 5.32 Å². The second-order valence-electron chi connectivity index (χ2n) is 6.11. The van der Waals surface area contributed by atoms with Gasteiger partial charge in [0.25, 0.3) is 0 Å². The quantitative estimate of drug-likeness (QED) is 0.824. The van der Waals surface area contributed by atoms with Crippen LogP contribution in [0.25, 0.3) is 0 Å². The van der Waals surface area contributed by atoms with Gasteiger partial charge in [0.2, 0.25) is 0 Å². The standard InChI is InChI=1S/C15H27N3O2/c1-11(2)6-8-18(9-7-12(3)4)15(19)16-14-10-13(5)20-17-14/h10-12H,6-9H2,1-5H3,(H,16,17,19). The molecule has 1 aromatic rings. The first kappa shape index (κ1) is 16.5. The van der Waals surface area contributed by atoms with Gasteiger partial charge in [0.1, 0.15) is 5.76 Å². The van der Waals surface area contributed by atoms with Crippen LogP contribution in [0.3, 0.4) is 0 Å². The zero-order valence-electron chi connectivity index (χ0n) is 13.3. The molecule has 0 saturated heterocycles. The molecule has 20 heavy (non-hydrogen) atoms. The minimum absolute atomic E-state index is 0.0976. The fourth-order valence-corrected chi connectivity index (χ4v) is 1.76. The van der Waals surface area contributed by atoms with Crippen LogP contribution >= 0.6 is 0 Å². The van der Waals surface area contributed by atoms with Gasteiger partial charge in [-0.2, -0.15) is 0 Å². The van der Waals surface area contributed by atoms with E-state index in [1.165, 1.54) is 0 Å². The highest BCUT2D eigenvalue weighted by Crippen LogP contribution is 2.11. The van der Waals surface area contributed by atoms with Gasteiger partial charge in [-0.15, -0.1) is 0 Å². The van der Waals surface area contributed by atoms with Crippen LogP contribution in [0, 0.1) is 18.8 Å². The Labute approximate surface area is 121 Å². The van der Waals surface area contributed by atoms with E-state index in [9.17, 15) is 4.79 Å². The van der Waals surface area contributed by atoms with Crippen molar-refractivity contribution < 1.29 is 9.32 Å². The lowest BCUT2D eigenvalue weighted by atomic mass is 10.1. The van der Waals surface area contributed by atoms with Crippen molar-refractivity contribution in [2.45, 2.75) is 47.5 Å². The summed E-state index contributed by atoms with van der Waals surface area (Å²) in [4.78, 5) is 14.1. The highest BCUT2D eigenvalue weighted by Gasteiger charge is 2.15. The summed E-state index contributed by atoms with van der Waals surface area (Å²) in [5, 5.41) is 6.59. The van der Waals surface area contributed by atoms with Crippen molar-refractivity contribution in [3.05, 3.63) is 11.8 Å². The van der Waals surface area contributed by atoms with Crippen LogP contribution in [0.2, 0.25) is 0 Å². The van der Waals surface area contributed by atoms with Crippen LogP contribution in [0.15, 0.2) is 10.6 Å². The Balaban J connectivity index is 2.57. The minimum Gasteiger partial charge on any atom is -0.360 e. The molecule has 0 radical (unpaired) electrons. The molecule has 0 aliphatic carbocycles. The summed E-state index contributed by atoms with van der Waals surface area (Å²) in [7, 11) is 0. The fourth-order valence-electron chi connectivity index (χ4n) is 1.76. The van der Waals surface area contributed by atoms with Gasteiger partial charge >= 0.3 is 6.03 Å². The van der Waals surface area contributed by atoms with E-state index in [1.807, 2.05) is 4.90 Å². The highest BCUT2D eigenvalue weighted by atomic mass is 16.5. The number of hydrogen-bond donors (Lipinski definition) is 1. The Bertz CT molecular complexity index is 401. The van der Waals surface area contributed by atoms with Gasteiger partial charge in [-0.1, -0.05) is 32.9 Å². The minimum atomic E-state index is -0.0976. The van der Waals surface area contributed by atoms with Crippen molar-refractivity contribution in [3.63, 3.8) is 0 Å². The Morgan fingerprint density at radius 2 is 1.80 bits per heavy atom. The maximum absolute atomic E-state index is 12.3. The zero-order valence-corrected chi connectivity index (χ0v) is 13.3. The lowest BCUT2D eigenvalue weighted by Gasteiger charge is -2.24. The van der Waals surface area contributed by atoms with E-state index in [0.717, 1.165) is 25.9 Å². The predicted octanol–water partition coefficient (Wildman–Crippen LogP) is 3.91. The Kier molecular flexibility index (Phi) is 6.55. The Morgan fingerprint density at radius 1 is 1.25 bits per heavy atom. The normalized spacial score (nSPS) is 11.2. The second kappa shape index (κ2) is 7.92. The van der Waals surface area contributed by atoms with E-state index < -0.39 is 0 Å². The molecule has 2 amide bonds. The fraction of sp³-hybridized carbons (Fsp3) is 0.733. The molecular weight excluding hydrogens is 254 g/mol. The monoisotopic (exact) mass is 281 g/mol. The number of rotatable bonds is 7. The lowest BCUT2D eigenvalue weighted by molar-refractivity contribution is 0.204. The maximum Gasteiger partial charge on any atom is 0.323 e. The number of nitrogens with zero attached hydrogens (tertiary/aromatic N) is 2. The third-order valence-electron chi connectivity index (χ3n) is 3.10. The van der Waals surface area contributed by atoms with Crippen molar-refractivity contribution in [3.8, 4) is 0 Å². The number of carbonyl (C=O) groups excluding carboxylic acids is 1. The third-order valence-corrected chi connectivity index (χ3v) is 3.10. The number of nitrogens with one attached hydrogen (secondary N) is 1. The molecule has 1 N–H and O–H groups in total. The maximum atomic E-state index is 12.3. The van der Waals surface area contributed by atoms with Crippen LogP contribution in [-0.2, 0) is 0 Å². The first-order valence-electron chi connectivity index (χ1n) is 7.37. The molecule has 5 heteroatoms. The van der Waals surface area contributed by atoms with Crippen LogP contribution in [0.1, 0.15) is 46.3 Å². The third kappa shape index (κ3) is 6.08. The molecule has 0 fully saturated rings. The van der Waals surface area contributed by atoms with E-state index in [0.29, 0.717) is 23.4 Å². The van der Waals surface area contributed by atoms with Crippen LogP contribution < -0.4 is 5.32 Å². The molecule has 0 spiro atoms. The molecule has 0 aromatic carbocycles. The lowest BCUT2D eigenvalue weighted by Crippen LogP contribution is -2.37. The van der Waals surface area contributed by atoms with Gasteiger partial charge in [0.15, 0.2) is 5.82 Å². The summed E-state index contributed by atoms with van der Waals surface area (Å²) >= 11 is 0. The van der Waals surface area contributed by atoms with Gasteiger partial charge < -0.3 is 9.42 Å². The average Bonchev–Trinajstić information content (AvgIpc) is 2.73. The van der Waals surface area contributed by atoms with Crippen LogP contribution in [-0.4, -0.2) is 29.2 Å². The smallest absolute Gasteiger partial charge is 0.323 e. The summed E-state index contributed by atoms with van der Waals surface area (Å²) in [6, 6.07) is 1.63. The van der Waals surface area contributed by atoms with E-state index >= 15 is 0 Å². The summed E-state index contributed by atoms with van der Waals surface area (Å²) in [6.45, 7) is 12.0. The zero-order chi connectivity index (χ0) is 15.1. The summed E-state index contributed by atoms with van der Waals surface area (Å²) in [6.07, 6.45) is 2.01. The van der Waals surface area contributed by atoms with Gasteiger partial charge in [0.05, 0.1) is 0 Å². The van der Waals surface area contributed by atoms with Crippen molar-refractivity contribution in [1.82, 2.24) is 10.1 Å². The molecule has 0 aliphatic rings. The average molecular weight is 281 g/mol. The molecule has 0 unspecified atom stereocenters. The number of carbonyl (C=O) groups is 1. The first-order chi connectivity index (χ1) is 9.38. The van der Waals surface area contributed by atoms with E-state index in [-0.39, 0.29) is 6.03 Å². The molecule has 0 saturated carbocycles. The number of aromatic nitrogens is 1. The summed E-state index contributed by atoms with van der Waals surface area (Å²) < 4.78 is 4.96. The summed E-state index contributed by atoms with van der Waals surface area (Å²) in [5.74, 6) is 2.33. The molecular formula is C15H27N3O2. The Morgan fingerprint density at radius 3 is 2.20 bits per heavy atom. The first-order valence-corrected chi connectivity index (χ1v) is 7.37. The van der Waals surface area contributed by atoms with Gasteiger partial charge in [-0.25, -0.2) is 4.79 Å². The number of amides is 2. The molecule has 0 atom stereocenters. The number of urea groups is 1. The summed E-state index contributed by atoms with van der Waals surface area (Å²) in [5.41, 5.74) is 0. The Hall–Kier alpha value is -1.52. The number of hydrogen-bond acceptors (Lipinski definition) is 3. The molecule has 0 aliphatic heterocycles. The number of anilines is 1. The highest BCUT2D eigenvalue weighted by molar-refractivity contribution is 5.88. The van der Waals surface area contributed by atoms with E-state index in [2.05, 4.69) is 38.2 Å². The largest absolute Gasteiger partial charge is 0.360 e. The van der Waals surface area contributed by atoms with Crippen molar-refractivity contribution in [2.24, 2.45) is 11.8 Å². The molecule has 114 valence electrons. The van der Waals surface area contributed by atoms with Crippen molar-refractivity contribution in [1.29, 1.82) is 0 Å². The van der Waals surface area contributed by atoms with Crippen LogP contribution in [0.4, 0.5) is 10.6 Å². The van der Waals surface area contributed by atoms with E-state index in [1.54, 1.807) is 13.0 Å². The van der Waals surface area contributed by atoms with E-state index in [4.69, 9.17) is 4.52 Å². The predicted molar refractivity (Wildman–Crippen MR) is 80.7 cm³/mol. The molecule has 1 rings (SSSR count). The second-order valence-corrected chi connectivity index (χ2v) is 6.11. The number of aryl methyl sites for hydroxylation is 1.